The average molecular weight is 375 g/mol. The van der Waals surface area contributed by atoms with Gasteiger partial charge in [-0.15, -0.1) is 11.3 Å². The largest absolute Gasteiger partial charge is 0.378 e. The highest BCUT2D eigenvalue weighted by Gasteiger charge is 2.26. The predicted octanol–water partition coefficient (Wildman–Crippen LogP) is 3.24. The average Bonchev–Trinajstić information content (AvgIpc) is 2.99. The van der Waals surface area contributed by atoms with E-state index < -0.39 is 0 Å². The van der Waals surface area contributed by atoms with Crippen LogP contribution >= 0.6 is 11.3 Å². The number of aryl methyl sites for hydroxylation is 1. The molecule has 0 radical (unpaired) electrons. The van der Waals surface area contributed by atoms with Crippen LogP contribution in [-0.2, 0) is 4.74 Å². The molecule has 2 aliphatic heterocycles. The van der Waals surface area contributed by atoms with E-state index >= 15 is 0 Å². The lowest BCUT2D eigenvalue weighted by atomic mass is 10.1. The van der Waals surface area contributed by atoms with Crippen molar-refractivity contribution in [3.05, 3.63) is 16.8 Å². The van der Waals surface area contributed by atoms with Crippen molar-refractivity contribution in [2.45, 2.75) is 39.0 Å². The number of ether oxygens (including phenoxy) is 1. The minimum Gasteiger partial charge on any atom is -0.378 e. The van der Waals surface area contributed by atoms with Gasteiger partial charge in [0.2, 0.25) is 0 Å². The number of rotatable bonds is 2. The smallest absolute Gasteiger partial charge is 0.264 e. The minimum atomic E-state index is 0.104. The van der Waals surface area contributed by atoms with Crippen molar-refractivity contribution in [1.82, 2.24) is 14.9 Å². The van der Waals surface area contributed by atoms with Crippen LogP contribution in [-0.4, -0.2) is 60.2 Å². The predicted molar refractivity (Wildman–Crippen MR) is 104 cm³/mol. The zero-order valence-corrected chi connectivity index (χ0v) is 16.2. The summed E-state index contributed by atoms with van der Waals surface area (Å²) in [5, 5.41) is 1.06. The first kappa shape index (κ1) is 17.7. The molecule has 0 unspecified atom stereocenters. The van der Waals surface area contributed by atoms with E-state index in [-0.39, 0.29) is 5.91 Å². The maximum atomic E-state index is 13.0. The fourth-order valence-electron chi connectivity index (χ4n) is 3.87. The molecular formula is C19H26N4O2S. The Morgan fingerprint density at radius 3 is 2.46 bits per heavy atom. The molecule has 0 atom stereocenters. The van der Waals surface area contributed by atoms with Crippen LogP contribution in [0.15, 0.2) is 6.33 Å². The number of thiophene rings is 1. The lowest BCUT2D eigenvalue weighted by Gasteiger charge is -2.27. The van der Waals surface area contributed by atoms with Crippen LogP contribution in [0, 0.1) is 6.92 Å². The van der Waals surface area contributed by atoms with Crippen LogP contribution < -0.4 is 4.90 Å². The normalized spacial score (nSPS) is 19.4. The molecular weight excluding hydrogens is 348 g/mol. The van der Waals surface area contributed by atoms with E-state index in [0.717, 1.165) is 39.6 Å². The van der Waals surface area contributed by atoms with E-state index in [0.29, 0.717) is 26.3 Å². The monoisotopic (exact) mass is 374 g/mol. The second kappa shape index (κ2) is 7.88. The molecule has 0 spiro atoms. The summed E-state index contributed by atoms with van der Waals surface area (Å²) in [4.78, 5) is 28.1. The molecule has 2 fully saturated rings. The van der Waals surface area contributed by atoms with E-state index in [1.807, 2.05) is 11.8 Å². The molecule has 0 aliphatic carbocycles. The highest BCUT2D eigenvalue weighted by molar-refractivity contribution is 7.20. The van der Waals surface area contributed by atoms with Gasteiger partial charge < -0.3 is 14.5 Å². The van der Waals surface area contributed by atoms with E-state index in [1.54, 1.807) is 6.33 Å². The number of hydrogen-bond donors (Lipinski definition) is 0. The van der Waals surface area contributed by atoms with Gasteiger partial charge in [0, 0.05) is 26.2 Å². The Kier molecular flexibility index (Phi) is 5.36. The number of nitrogens with zero attached hydrogens (tertiary/aromatic N) is 4. The van der Waals surface area contributed by atoms with Gasteiger partial charge in [-0.05, 0) is 25.3 Å². The number of anilines is 1. The third-order valence-corrected chi connectivity index (χ3v) is 6.54. The first-order chi connectivity index (χ1) is 12.8. The third kappa shape index (κ3) is 3.42. The zero-order chi connectivity index (χ0) is 17.9. The van der Waals surface area contributed by atoms with Crippen molar-refractivity contribution in [3.8, 4) is 0 Å². The van der Waals surface area contributed by atoms with Gasteiger partial charge in [-0.1, -0.05) is 19.3 Å². The second-order valence-electron chi connectivity index (χ2n) is 7.09. The summed E-state index contributed by atoms with van der Waals surface area (Å²) in [5.74, 6) is 1.11. The highest BCUT2D eigenvalue weighted by atomic mass is 32.1. The molecule has 6 nitrogen and oxygen atoms in total. The third-order valence-electron chi connectivity index (χ3n) is 5.35. The molecule has 2 saturated heterocycles. The number of fused-ring (bicyclic) bond motifs is 1. The van der Waals surface area contributed by atoms with Gasteiger partial charge in [0.25, 0.3) is 5.91 Å². The van der Waals surface area contributed by atoms with E-state index in [1.165, 1.54) is 43.4 Å². The number of carbonyl (C=O) groups excluding carboxylic acids is 1. The van der Waals surface area contributed by atoms with Gasteiger partial charge in [0.1, 0.15) is 17.0 Å². The summed E-state index contributed by atoms with van der Waals surface area (Å²) < 4.78 is 5.38. The van der Waals surface area contributed by atoms with Crippen LogP contribution in [0.3, 0.4) is 0 Å². The Balaban J connectivity index is 1.69. The lowest BCUT2D eigenvalue weighted by molar-refractivity contribution is 0.0306. The summed E-state index contributed by atoms with van der Waals surface area (Å²) in [6, 6.07) is 0. The van der Waals surface area contributed by atoms with Crippen molar-refractivity contribution in [3.63, 3.8) is 0 Å². The minimum absolute atomic E-state index is 0.104. The molecule has 2 aromatic heterocycles. The standard InChI is InChI=1S/C19H26N4O2S/c1-14-15-17(22-7-5-3-2-4-6-8-22)20-13-21-18(15)26-16(14)19(24)23-9-11-25-12-10-23/h13H,2-12H2,1H3. The van der Waals surface area contributed by atoms with Gasteiger partial charge >= 0.3 is 0 Å². The maximum absolute atomic E-state index is 13.0. The number of aromatic nitrogens is 2. The first-order valence-corrected chi connectivity index (χ1v) is 10.4. The zero-order valence-electron chi connectivity index (χ0n) is 15.4. The summed E-state index contributed by atoms with van der Waals surface area (Å²) in [7, 11) is 0. The second-order valence-corrected chi connectivity index (χ2v) is 8.09. The maximum Gasteiger partial charge on any atom is 0.264 e. The summed E-state index contributed by atoms with van der Waals surface area (Å²) >= 11 is 1.50. The summed E-state index contributed by atoms with van der Waals surface area (Å²) in [6.45, 7) is 6.68. The Morgan fingerprint density at radius 2 is 1.73 bits per heavy atom. The highest BCUT2D eigenvalue weighted by Crippen LogP contribution is 2.36. The molecule has 0 bridgehead atoms. The van der Waals surface area contributed by atoms with Crippen LogP contribution in [0.5, 0.6) is 0 Å². The molecule has 0 N–H and O–H groups in total. The van der Waals surface area contributed by atoms with Crippen molar-refractivity contribution in [1.29, 1.82) is 0 Å². The van der Waals surface area contributed by atoms with E-state index in [2.05, 4.69) is 14.9 Å². The van der Waals surface area contributed by atoms with Crippen LogP contribution in [0.4, 0.5) is 5.82 Å². The topological polar surface area (TPSA) is 58.6 Å². The number of amides is 1. The summed E-state index contributed by atoms with van der Waals surface area (Å²) in [5.41, 5.74) is 1.03. The molecule has 4 heterocycles. The number of carbonyl (C=O) groups is 1. The molecule has 0 aromatic carbocycles. The van der Waals surface area contributed by atoms with Crippen LogP contribution in [0.2, 0.25) is 0 Å². The van der Waals surface area contributed by atoms with Crippen molar-refractivity contribution >= 4 is 33.3 Å². The van der Waals surface area contributed by atoms with Crippen LogP contribution in [0.25, 0.3) is 10.2 Å². The molecule has 140 valence electrons. The molecule has 7 heteroatoms. The van der Waals surface area contributed by atoms with E-state index in [9.17, 15) is 4.79 Å². The summed E-state index contributed by atoms with van der Waals surface area (Å²) in [6.07, 6.45) is 7.96. The molecule has 2 aromatic rings. The Morgan fingerprint density at radius 1 is 1.04 bits per heavy atom. The van der Waals surface area contributed by atoms with Gasteiger partial charge in [-0.2, -0.15) is 0 Å². The lowest BCUT2D eigenvalue weighted by Crippen LogP contribution is -2.40. The van der Waals surface area contributed by atoms with Crippen LogP contribution in [0.1, 0.15) is 47.3 Å². The quantitative estimate of drug-likeness (QED) is 0.808. The Bertz CT molecular complexity index is 777. The van der Waals surface area contributed by atoms with Gasteiger partial charge in [-0.25, -0.2) is 9.97 Å². The Labute approximate surface area is 158 Å². The van der Waals surface area contributed by atoms with Gasteiger partial charge in [-0.3, -0.25) is 4.79 Å². The fourth-order valence-corrected chi connectivity index (χ4v) is 4.98. The van der Waals surface area contributed by atoms with Crippen molar-refractivity contribution < 1.29 is 9.53 Å². The Hall–Kier alpha value is -1.73. The molecule has 0 saturated carbocycles. The van der Waals surface area contributed by atoms with E-state index in [4.69, 9.17) is 4.74 Å². The first-order valence-electron chi connectivity index (χ1n) is 9.62. The van der Waals surface area contributed by atoms with Crippen molar-refractivity contribution in [2.75, 3.05) is 44.3 Å². The fraction of sp³-hybridized carbons (Fsp3) is 0.632. The molecule has 2 aliphatic rings. The number of morpholine rings is 1. The van der Waals surface area contributed by atoms with Gasteiger partial charge in [0.05, 0.1) is 23.5 Å². The number of hydrogen-bond acceptors (Lipinski definition) is 6. The molecule has 1 amide bonds. The molecule has 4 rings (SSSR count). The molecule has 26 heavy (non-hydrogen) atoms. The van der Waals surface area contributed by atoms with Crippen molar-refractivity contribution in [2.24, 2.45) is 0 Å². The SMILES string of the molecule is Cc1c(C(=O)N2CCOCC2)sc2ncnc(N3CCCCCCC3)c12. The van der Waals surface area contributed by atoms with Gasteiger partial charge in [0.15, 0.2) is 0 Å².